The number of nitrogen functional groups attached to an aromatic ring is 1. The van der Waals surface area contributed by atoms with Crippen molar-refractivity contribution in [2.24, 2.45) is 0 Å². The number of fused-ring (bicyclic) bond motifs is 1. The average molecular weight is 614 g/mol. The maximum Gasteiger partial charge on any atom is 0.187 e. The van der Waals surface area contributed by atoms with E-state index in [0.717, 1.165) is 11.5 Å². The first-order chi connectivity index (χ1) is 17.1. The number of nitrogens with two attached hydrogens (primary N) is 1. The van der Waals surface area contributed by atoms with Crippen molar-refractivity contribution in [1.29, 1.82) is 0 Å². The van der Waals surface area contributed by atoms with Gasteiger partial charge in [-0.25, -0.2) is 22.2 Å². The number of benzene rings is 3. The van der Waals surface area contributed by atoms with Gasteiger partial charge in [0.2, 0.25) is 0 Å². The van der Waals surface area contributed by atoms with Gasteiger partial charge in [0.05, 0.1) is 9.86 Å². The Kier molecular flexibility index (Phi) is 6.41. The first-order valence-corrected chi connectivity index (χ1v) is 13.5. The van der Waals surface area contributed by atoms with E-state index in [0.29, 0.717) is 43.7 Å². The van der Waals surface area contributed by atoms with Crippen LogP contribution in [0.1, 0.15) is 5.01 Å². The number of aromatic nitrogens is 3. The van der Waals surface area contributed by atoms with Crippen molar-refractivity contribution in [3.05, 3.63) is 74.9 Å². The topological polar surface area (TPSA) is 121 Å². The van der Waals surface area contributed by atoms with Gasteiger partial charge in [-0.15, -0.1) is 0 Å². The van der Waals surface area contributed by atoms with Crippen LogP contribution in [0.3, 0.4) is 0 Å². The molecule has 0 aliphatic carbocycles. The number of sulfone groups is 1. The van der Waals surface area contributed by atoms with Crippen LogP contribution in [-0.2, 0) is 15.6 Å². The highest BCUT2D eigenvalue weighted by molar-refractivity contribution is 9.10. The SMILES string of the molecule is Nc1noc2ccc(-c3cc(Cl)cc(Br)c3Oc3cc(F)c(S(=O)(=O)Cc4ncns4)cc3F)cc12. The molecule has 3 aromatic carbocycles. The molecule has 0 unspecified atom stereocenters. The van der Waals surface area contributed by atoms with Gasteiger partial charge in [-0.05, 0) is 63.4 Å². The van der Waals surface area contributed by atoms with E-state index in [9.17, 15) is 12.8 Å². The second kappa shape index (κ2) is 9.39. The molecule has 0 amide bonds. The lowest BCUT2D eigenvalue weighted by Crippen LogP contribution is -2.08. The largest absolute Gasteiger partial charge is 0.452 e. The fourth-order valence-corrected chi connectivity index (χ4v) is 6.51. The van der Waals surface area contributed by atoms with Crippen LogP contribution in [0.5, 0.6) is 11.5 Å². The summed E-state index contributed by atoms with van der Waals surface area (Å²) in [5, 5.41) is 4.74. The lowest BCUT2D eigenvalue weighted by molar-refractivity contribution is 0.431. The maximum atomic E-state index is 15.0. The van der Waals surface area contributed by atoms with Gasteiger partial charge >= 0.3 is 0 Å². The normalized spacial score (nSPS) is 11.8. The number of nitrogens with zero attached hydrogens (tertiary/aromatic N) is 3. The Morgan fingerprint density at radius 2 is 1.94 bits per heavy atom. The molecule has 0 spiro atoms. The molecule has 2 aromatic heterocycles. The van der Waals surface area contributed by atoms with Crippen LogP contribution in [0.25, 0.3) is 22.1 Å². The van der Waals surface area contributed by atoms with Crippen LogP contribution in [0.4, 0.5) is 14.6 Å². The molecule has 36 heavy (non-hydrogen) atoms. The van der Waals surface area contributed by atoms with Crippen molar-refractivity contribution in [3.63, 3.8) is 0 Å². The van der Waals surface area contributed by atoms with Gasteiger partial charge in [0, 0.05) is 16.7 Å². The van der Waals surface area contributed by atoms with Crippen LogP contribution in [-0.4, -0.2) is 22.9 Å². The second-order valence-electron chi connectivity index (χ2n) is 7.45. The summed E-state index contributed by atoms with van der Waals surface area (Å²) >= 11 is 10.4. The Morgan fingerprint density at radius 1 is 1.14 bits per heavy atom. The Hall–Kier alpha value is -3.13. The molecule has 0 saturated carbocycles. The first kappa shape index (κ1) is 24.6. The summed E-state index contributed by atoms with van der Waals surface area (Å²) in [6, 6.07) is 9.36. The van der Waals surface area contributed by atoms with Gasteiger partial charge < -0.3 is 15.0 Å². The molecular weight excluding hydrogens is 602 g/mol. The van der Waals surface area contributed by atoms with Gasteiger partial charge in [-0.2, -0.15) is 4.37 Å². The van der Waals surface area contributed by atoms with Crippen LogP contribution in [0, 0.1) is 11.6 Å². The lowest BCUT2D eigenvalue weighted by Gasteiger charge is -2.15. The fourth-order valence-electron chi connectivity index (χ4n) is 3.44. The van der Waals surface area contributed by atoms with E-state index in [1.54, 1.807) is 24.3 Å². The highest BCUT2D eigenvalue weighted by atomic mass is 79.9. The minimum absolute atomic E-state index is 0.108. The standard InChI is InChI=1S/C22H12BrClF2N4O4S2/c23-14-5-11(24)4-12(10-1-2-17-13(3-10)22(27)30-34-17)21(14)33-18-6-16(26)19(7-15(18)25)36(31,32)8-20-28-9-29-35-20/h1-7,9H,8H2,(H2,27,30). The summed E-state index contributed by atoms with van der Waals surface area (Å²) in [4.78, 5) is 2.97. The molecule has 8 nitrogen and oxygen atoms in total. The minimum Gasteiger partial charge on any atom is -0.452 e. The van der Waals surface area contributed by atoms with Crippen LogP contribution >= 0.6 is 39.1 Å². The molecule has 0 bridgehead atoms. The van der Waals surface area contributed by atoms with Crippen LogP contribution < -0.4 is 10.5 Å². The second-order valence-corrected chi connectivity index (χ2v) is 11.6. The number of ether oxygens (including phenoxy) is 1. The molecule has 0 radical (unpaired) electrons. The quantitative estimate of drug-likeness (QED) is 0.234. The summed E-state index contributed by atoms with van der Waals surface area (Å²) in [6.45, 7) is 0. The highest BCUT2D eigenvalue weighted by Crippen LogP contribution is 2.43. The van der Waals surface area contributed by atoms with Crippen molar-refractivity contribution < 1.29 is 26.5 Å². The lowest BCUT2D eigenvalue weighted by atomic mass is 10.0. The van der Waals surface area contributed by atoms with Crippen LogP contribution in [0.2, 0.25) is 5.02 Å². The molecule has 0 aliphatic heterocycles. The summed E-state index contributed by atoms with van der Waals surface area (Å²) in [7, 11) is -4.23. The molecule has 5 rings (SSSR count). The minimum atomic E-state index is -4.23. The Bertz CT molecular complexity index is 1730. The highest BCUT2D eigenvalue weighted by Gasteiger charge is 2.25. The summed E-state index contributed by atoms with van der Waals surface area (Å²) in [6.07, 6.45) is 1.18. The summed E-state index contributed by atoms with van der Waals surface area (Å²) in [5.41, 5.74) is 7.31. The van der Waals surface area contributed by atoms with E-state index in [1.165, 1.54) is 12.4 Å². The molecular formula is C22H12BrClF2N4O4S2. The third-order valence-corrected chi connectivity index (χ3v) is 8.36. The monoisotopic (exact) mass is 612 g/mol. The van der Waals surface area contributed by atoms with Gasteiger partial charge in [0.15, 0.2) is 32.8 Å². The van der Waals surface area contributed by atoms with Gasteiger partial charge in [-0.1, -0.05) is 22.8 Å². The molecule has 14 heteroatoms. The van der Waals surface area contributed by atoms with Gasteiger partial charge in [-0.3, -0.25) is 0 Å². The Morgan fingerprint density at radius 3 is 2.69 bits per heavy atom. The third kappa shape index (κ3) is 4.66. The zero-order valence-corrected chi connectivity index (χ0v) is 21.7. The van der Waals surface area contributed by atoms with Crippen molar-refractivity contribution in [2.45, 2.75) is 10.6 Å². The van der Waals surface area contributed by atoms with E-state index in [1.807, 2.05) is 0 Å². The summed E-state index contributed by atoms with van der Waals surface area (Å²) < 4.78 is 70.1. The fraction of sp³-hybridized carbons (Fsp3) is 0.0455. The zero-order valence-electron chi connectivity index (χ0n) is 17.7. The van der Waals surface area contributed by atoms with Crippen molar-refractivity contribution >= 4 is 65.7 Å². The van der Waals surface area contributed by atoms with Crippen LogP contribution in [0.15, 0.2) is 62.7 Å². The van der Waals surface area contributed by atoms with Gasteiger partial charge in [0.1, 0.15) is 33.6 Å². The molecule has 0 fully saturated rings. The van der Waals surface area contributed by atoms with E-state index in [-0.39, 0.29) is 16.6 Å². The average Bonchev–Trinajstić information content (AvgIpc) is 3.46. The molecule has 0 aliphatic rings. The molecule has 5 aromatic rings. The Labute approximate surface area is 219 Å². The number of anilines is 1. The maximum absolute atomic E-state index is 15.0. The molecule has 0 saturated heterocycles. The predicted octanol–water partition coefficient (Wildman–Crippen LogP) is 6.39. The Balaban J connectivity index is 1.56. The van der Waals surface area contributed by atoms with Crippen molar-refractivity contribution in [1.82, 2.24) is 14.5 Å². The van der Waals surface area contributed by atoms with E-state index in [4.69, 9.17) is 26.6 Å². The number of hydrogen-bond donors (Lipinski definition) is 1. The van der Waals surface area contributed by atoms with Crippen molar-refractivity contribution in [3.8, 4) is 22.6 Å². The third-order valence-electron chi connectivity index (χ3n) is 5.07. The van der Waals surface area contributed by atoms with E-state index < -0.39 is 37.9 Å². The van der Waals surface area contributed by atoms with E-state index >= 15 is 4.39 Å². The molecule has 2 heterocycles. The predicted molar refractivity (Wildman–Crippen MR) is 134 cm³/mol. The number of halogens is 4. The van der Waals surface area contributed by atoms with Gasteiger partial charge in [0.25, 0.3) is 0 Å². The smallest absolute Gasteiger partial charge is 0.187 e. The van der Waals surface area contributed by atoms with Crippen molar-refractivity contribution in [2.75, 3.05) is 5.73 Å². The summed E-state index contributed by atoms with van der Waals surface area (Å²) in [5.74, 6) is -3.13. The first-order valence-electron chi connectivity index (χ1n) is 9.92. The molecule has 184 valence electrons. The number of rotatable bonds is 6. The zero-order chi connectivity index (χ0) is 25.6. The molecule has 2 N–H and O–H groups in total. The number of hydrogen-bond acceptors (Lipinski definition) is 9. The van der Waals surface area contributed by atoms with E-state index in [2.05, 4.69) is 30.4 Å². The molecule has 0 atom stereocenters.